The molecular formula is C24H29NO2S. The fourth-order valence-electron chi connectivity index (χ4n) is 4.54. The molecule has 4 rings (SSSR count). The fraction of sp³-hybridized carbons (Fsp3) is 0.458. The van der Waals surface area contributed by atoms with Gasteiger partial charge in [0.2, 0.25) is 0 Å². The molecule has 2 unspecified atom stereocenters. The first-order valence-electron chi connectivity index (χ1n) is 10.4. The molecule has 0 aliphatic heterocycles. The zero-order chi connectivity index (χ0) is 19.5. The Morgan fingerprint density at radius 3 is 2.96 bits per heavy atom. The van der Waals surface area contributed by atoms with E-state index in [1.165, 1.54) is 45.5 Å². The number of benzene rings is 1. The van der Waals surface area contributed by atoms with E-state index in [1.807, 2.05) is 11.3 Å². The van der Waals surface area contributed by atoms with E-state index in [2.05, 4.69) is 48.7 Å². The Balaban J connectivity index is 1.50. The van der Waals surface area contributed by atoms with Gasteiger partial charge in [-0.25, -0.2) is 4.79 Å². The number of thiophene rings is 1. The van der Waals surface area contributed by atoms with Crippen molar-refractivity contribution in [3.8, 4) is 11.1 Å². The third kappa shape index (κ3) is 4.02. The summed E-state index contributed by atoms with van der Waals surface area (Å²) >= 11 is 1.95. The second-order valence-electron chi connectivity index (χ2n) is 7.94. The van der Waals surface area contributed by atoms with E-state index in [0.29, 0.717) is 5.92 Å². The van der Waals surface area contributed by atoms with Crippen LogP contribution in [0, 0.1) is 0 Å². The van der Waals surface area contributed by atoms with Crippen LogP contribution in [0.1, 0.15) is 65.8 Å². The van der Waals surface area contributed by atoms with Crippen LogP contribution in [0.5, 0.6) is 0 Å². The predicted molar refractivity (Wildman–Crippen MR) is 117 cm³/mol. The van der Waals surface area contributed by atoms with Gasteiger partial charge in [-0.2, -0.15) is 0 Å². The van der Waals surface area contributed by atoms with Crippen LogP contribution in [-0.4, -0.2) is 19.2 Å². The lowest BCUT2D eigenvalue weighted by molar-refractivity contribution is 0.166. The maximum Gasteiger partial charge on any atom is 0.407 e. The number of amides is 1. The van der Waals surface area contributed by atoms with Gasteiger partial charge in [0.1, 0.15) is 0 Å². The first kappa shape index (κ1) is 19.3. The van der Waals surface area contributed by atoms with Crippen molar-refractivity contribution < 1.29 is 9.53 Å². The van der Waals surface area contributed by atoms with Crippen molar-refractivity contribution in [2.24, 2.45) is 0 Å². The van der Waals surface area contributed by atoms with Crippen LogP contribution < -0.4 is 5.32 Å². The van der Waals surface area contributed by atoms with Crippen molar-refractivity contribution >= 4 is 23.5 Å². The SMILES string of the molecule is CCC/C=C\c1cc2c(s1)CCc1cc(C3CCC(NC(=O)OC)C3)ccc1-2. The average molecular weight is 396 g/mol. The van der Waals surface area contributed by atoms with Crippen molar-refractivity contribution in [2.75, 3.05) is 7.11 Å². The summed E-state index contributed by atoms with van der Waals surface area (Å²) in [6, 6.07) is 9.66. The minimum atomic E-state index is -0.315. The largest absolute Gasteiger partial charge is 0.453 e. The molecule has 2 atom stereocenters. The van der Waals surface area contributed by atoms with Gasteiger partial charge in [-0.3, -0.25) is 0 Å². The molecule has 1 N–H and O–H groups in total. The van der Waals surface area contributed by atoms with Gasteiger partial charge in [-0.05, 0) is 78.8 Å². The van der Waals surface area contributed by atoms with Crippen LogP contribution in [0.3, 0.4) is 0 Å². The molecule has 1 fully saturated rings. The molecule has 2 aliphatic carbocycles. The van der Waals surface area contributed by atoms with Crippen LogP contribution in [-0.2, 0) is 17.6 Å². The van der Waals surface area contributed by atoms with E-state index in [-0.39, 0.29) is 12.1 Å². The van der Waals surface area contributed by atoms with Crippen molar-refractivity contribution in [3.05, 3.63) is 51.2 Å². The standard InChI is InChI=1S/C24H29NO2S/c1-3-4-5-6-20-15-22-21-11-8-16(13-18(21)9-12-23(22)28-20)17-7-10-19(14-17)25-24(26)27-2/h5-6,8,11,13,15,17,19H,3-4,7,9-10,12,14H2,1-2H3,(H,25,26)/b6-5-. The van der Waals surface area contributed by atoms with Crippen LogP contribution in [0.25, 0.3) is 17.2 Å². The number of fused-ring (bicyclic) bond motifs is 3. The summed E-state index contributed by atoms with van der Waals surface area (Å²) in [4.78, 5) is 14.4. The van der Waals surface area contributed by atoms with Crippen molar-refractivity contribution in [1.82, 2.24) is 5.32 Å². The number of alkyl carbamates (subject to hydrolysis) is 1. The highest BCUT2D eigenvalue weighted by Crippen LogP contribution is 2.42. The highest BCUT2D eigenvalue weighted by Gasteiger charge is 2.28. The maximum atomic E-state index is 11.5. The summed E-state index contributed by atoms with van der Waals surface area (Å²) < 4.78 is 4.74. The summed E-state index contributed by atoms with van der Waals surface area (Å²) in [6.45, 7) is 2.22. The van der Waals surface area contributed by atoms with E-state index in [4.69, 9.17) is 4.74 Å². The van der Waals surface area contributed by atoms with Gasteiger partial charge >= 0.3 is 6.09 Å². The minimum absolute atomic E-state index is 0.231. The number of ether oxygens (including phenoxy) is 1. The van der Waals surface area contributed by atoms with Gasteiger partial charge < -0.3 is 10.1 Å². The summed E-state index contributed by atoms with van der Waals surface area (Å²) in [5, 5.41) is 2.96. The summed E-state index contributed by atoms with van der Waals surface area (Å²) in [6.07, 6.45) is 12.0. The summed E-state index contributed by atoms with van der Waals surface area (Å²) in [5.41, 5.74) is 5.76. The molecule has 3 nitrogen and oxygen atoms in total. The molecule has 2 aliphatic rings. The van der Waals surface area contributed by atoms with Crippen LogP contribution in [0.4, 0.5) is 4.79 Å². The Bertz CT molecular complexity index is 883. The Kier molecular flexibility index (Phi) is 5.86. The molecule has 1 saturated carbocycles. The zero-order valence-electron chi connectivity index (χ0n) is 16.8. The van der Waals surface area contributed by atoms with Gasteiger partial charge in [0.15, 0.2) is 0 Å². The summed E-state index contributed by atoms with van der Waals surface area (Å²) in [7, 11) is 1.43. The predicted octanol–water partition coefficient (Wildman–Crippen LogP) is 6.32. The second kappa shape index (κ2) is 8.52. The highest BCUT2D eigenvalue weighted by atomic mass is 32.1. The number of nitrogens with one attached hydrogen (secondary N) is 1. The smallest absolute Gasteiger partial charge is 0.407 e. The number of unbranched alkanes of at least 4 members (excludes halogenated alkanes) is 1. The van der Waals surface area contributed by atoms with Gasteiger partial charge in [-0.1, -0.05) is 37.6 Å². The van der Waals surface area contributed by atoms with Crippen LogP contribution in [0.15, 0.2) is 30.3 Å². The molecule has 148 valence electrons. The van der Waals surface area contributed by atoms with Crippen LogP contribution >= 0.6 is 11.3 Å². The van der Waals surface area contributed by atoms with E-state index in [0.717, 1.165) is 38.5 Å². The fourth-order valence-corrected chi connectivity index (χ4v) is 5.65. The number of methoxy groups -OCH3 is 1. The van der Waals surface area contributed by atoms with Crippen molar-refractivity contribution in [1.29, 1.82) is 0 Å². The lowest BCUT2D eigenvalue weighted by Gasteiger charge is -2.19. The third-order valence-corrected chi connectivity index (χ3v) is 7.18. The third-order valence-electron chi connectivity index (χ3n) is 6.02. The molecule has 0 spiro atoms. The second-order valence-corrected chi connectivity index (χ2v) is 9.10. The molecule has 28 heavy (non-hydrogen) atoms. The topological polar surface area (TPSA) is 38.3 Å². The molecule has 4 heteroatoms. The Morgan fingerprint density at radius 1 is 1.25 bits per heavy atom. The Hall–Kier alpha value is -2.07. The molecular weight excluding hydrogens is 366 g/mol. The Morgan fingerprint density at radius 2 is 2.14 bits per heavy atom. The van der Waals surface area contributed by atoms with Gasteiger partial charge in [0.25, 0.3) is 0 Å². The molecule has 2 aromatic rings. The minimum Gasteiger partial charge on any atom is -0.453 e. The molecule has 0 bridgehead atoms. The normalized spacial score (nSPS) is 20.8. The average Bonchev–Trinajstić information content (AvgIpc) is 3.34. The van der Waals surface area contributed by atoms with E-state index < -0.39 is 0 Å². The molecule has 1 heterocycles. The molecule has 1 aromatic carbocycles. The molecule has 0 saturated heterocycles. The molecule has 0 radical (unpaired) electrons. The van der Waals surface area contributed by atoms with E-state index >= 15 is 0 Å². The summed E-state index contributed by atoms with van der Waals surface area (Å²) in [5.74, 6) is 0.531. The Labute approximate surface area is 171 Å². The van der Waals surface area contributed by atoms with Gasteiger partial charge in [0.05, 0.1) is 7.11 Å². The number of hydrogen-bond acceptors (Lipinski definition) is 3. The monoisotopic (exact) mass is 395 g/mol. The molecule has 1 aromatic heterocycles. The maximum absolute atomic E-state index is 11.5. The number of hydrogen-bond donors (Lipinski definition) is 1. The number of rotatable bonds is 5. The van der Waals surface area contributed by atoms with Gasteiger partial charge in [-0.15, -0.1) is 11.3 Å². The van der Waals surface area contributed by atoms with E-state index in [9.17, 15) is 4.79 Å². The molecule has 1 amide bonds. The lowest BCUT2D eigenvalue weighted by Crippen LogP contribution is -2.32. The number of carbonyl (C=O) groups excluding carboxylic acids is 1. The van der Waals surface area contributed by atoms with Crippen molar-refractivity contribution in [3.63, 3.8) is 0 Å². The van der Waals surface area contributed by atoms with Gasteiger partial charge in [0, 0.05) is 15.8 Å². The van der Waals surface area contributed by atoms with Crippen LogP contribution in [0.2, 0.25) is 0 Å². The van der Waals surface area contributed by atoms with Crippen molar-refractivity contribution in [2.45, 2.75) is 63.8 Å². The first-order chi connectivity index (χ1) is 13.7. The lowest BCUT2D eigenvalue weighted by atomic mass is 9.86. The highest BCUT2D eigenvalue weighted by molar-refractivity contribution is 7.13. The zero-order valence-corrected chi connectivity index (χ0v) is 17.6. The quantitative estimate of drug-likeness (QED) is 0.643. The first-order valence-corrected chi connectivity index (χ1v) is 11.3. The number of carbonyl (C=O) groups is 1. The van der Waals surface area contributed by atoms with E-state index in [1.54, 1.807) is 0 Å². The number of allylic oxidation sites excluding steroid dienone is 1. The number of aryl methyl sites for hydroxylation is 2.